The maximum atomic E-state index is 4.45. The van der Waals surface area contributed by atoms with Crippen molar-refractivity contribution in [3.63, 3.8) is 0 Å². The van der Waals surface area contributed by atoms with E-state index in [1.807, 2.05) is 53.1 Å². The number of H-pyrrole nitrogens is 1. The van der Waals surface area contributed by atoms with Gasteiger partial charge in [0.05, 0.1) is 6.20 Å². The second-order valence-corrected chi connectivity index (χ2v) is 5.93. The number of aromatic amines is 1. The molecule has 4 heterocycles. The second-order valence-electron chi connectivity index (χ2n) is 5.93. The first-order chi connectivity index (χ1) is 12.9. The zero-order valence-corrected chi connectivity index (χ0v) is 13.8. The molecule has 1 N–H and O–H groups in total. The quantitative estimate of drug-likeness (QED) is 0.470. The minimum atomic E-state index is 0.845. The summed E-state index contributed by atoms with van der Waals surface area (Å²) in [7, 11) is 0. The third-order valence-corrected chi connectivity index (χ3v) is 4.34. The predicted octanol–water partition coefficient (Wildman–Crippen LogP) is 4.08. The Kier molecular flexibility index (Phi) is 3.29. The molecule has 121 valence electrons. The van der Waals surface area contributed by atoms with Crippen molar-refractivity contribution in [1.82, 2.24) is 19.4 Å². The summed E-state index contributed by atoms with van der Waals surface area (Å²) >= 11 is 0. The lowest BCUT2D eigenvalue weighted by atomic mass is 10.1. The zero-order valence-electron chi connectivity index (χ0n) is 13.8. The van der Waals surface area contributed by atoms with Crippen molar-refractivity contribution >= 4 is 16.7 Å². The first-order valence-corrected chi connectivity index (χ1v) is 8.26. The lowest BCUT2D eigenvalue weighted by molar-refractivity contribution is 1.16. The maximum Gasteiger partial charge on any atom is 0.138 e. The first-order valence-electron chi connectivity index (χ1n) is 8.26. The van der Waals surface area contributed by atoms with Crippen LogP contribution in [-0.2, 0) is 0 Å². The molecule has 0 unspecified atom stereocenters. The minimum absolute atomic E-state index is 0.845. The standard InChI is InChI=1S/C22H13N4/c1-2-4-16(5-3-1)18-7-9-21-25-14-19(26(21)15-18)8-6-17-10-12-23-22-20(17)11-13-24-22/h2-5,7,9-15H,(H,23,24). The van der Waals surface area contributed by atoms with E-state index in [-0.39, 0.29) is 0 Å². The topological polar surface area (TPSA) is 46.0 Å². The number of hydrogen-bond donors (Lipinski definition) is 1. The summed E-state index contributed by atoms with van der Waals surface area (Å²) in [6, 6.07) is 19.0. The first kappa shape index (κ1) is 14.5. The van der Waals surface area contributed by atoms with Crippen molar-refractivity contribution in [3.8, 4) is 23.0 Å². The number of nitrogens with zero attached hydrogens (tertiary/aromatic N) is 3. The Morgan fingerprint density at radius 2 is 1.85 bits per heavy atom. The van der Waals surface area contributed by atoms with Crippen molar-refractivity contribution in [2.24, 2.45) is 0 Å². The van der Waals surface area contributed by atoms with Crippen LogP contribution in [0.25, 0.3) is 27.8 Å². The van der Waals surface area contributed by atoms with Crippen LogP contribution < -0.4 is 0 Å². The van der Waals surface area contributed by atoms with E-state index in [9.17, 15) is 0 Å². The number of pyridine rings is 2. The number of rotatable bonds is 1. The summed E-state index contributed by atoms with van der Waals surface area (Å²) in [5, 5.41) is 1.02. The largest absolute Gasteiger partial charge is 0.346 e. The van der Waals surface area contributed by atoms with Gasteiger partial charge >= 0.3 is 0 Å². The summed E-state index contributed by atoms with van der Waals surface area (Å²) < 4.78 is 2.02. The summed E-state index contributed by atoms with van der Waals surface area (Å²) in [6.45, 7) is 0. The van der Waals surface area contributed by atoms with E-state index >= 15 is 0 Å². The van der Waals surface area contributed by atoms with Gasteiger partial charge in [0.1, 0.15) is 17.0 Å². The van der Waals surface area contributed by atoms with E-state index in [1.54, 1.807) is 12.4 Å². The average Bonchev–Trinajstić information content (AvgIpc) is 3.33. The van der Waals surface area contributed by atoms with Crippen LogP contribution in [0.2, 0.25) is 0 Å². The summed E-state index contributed by atoms with van der Waals surface area (Å²) in [5.74, 6) is 6.50. The molecule has 0 aliphatic heterocycles. The molecule has 4 aromatic heterocycles. The smallest absolute Gasteiger partial charge is 0.138 e. The van der Waals surface area contributed by atoms with Crippen LogP contribution in [0.1, 0.15) is 11.3 Å². The Balaban J connectivity index is 1.61. The lowest BCUT2D eigenvalue weighted by Gasteiger charge is -2.03. The normalized spacial score (nSPS) is 10.8. The van der Waals surface area contributed by atoms with Crippen molar-refractivity contribution in [2.45, 2.75) is 0 Å². The van der Waals surface area contributed by atoms with Gasteiger partial charge in [-0.25, -0.2) is 9.97 Å². The zero-order chi connectivity index (χ0) is 17.3. The van der Waals surface area contributed by atoms with Crippen LogP contribution in [0.4, 0.5) is 0 Å². The molecule has 5 aromatic rings. The van der Waals surface area contributed by atoms with Gasteiger partial charge in [-0.2, -0.15) is 0 Å². The molecule has 0 atom stereocenters. The molecule has 0 aliphatic rings. The van der Waals surface area contributed by atoms with E-state index in [4.69, 9.17) is 0 Å². The summed E-state index contributed by atoms with van der Waals surface area (Å²) in [5.41, 5.74) is 5.77. The Morgan fingerprint density at radius 1 is 0.923 bits per heavy atom. The highest BCUT2D eigenvalue weighted by molar-refractivity contribution is 5.82. The summed E-state index contributed by atoms with van der Waals surface area (Å²) in [4.78, 5) is 11.9. The number of benzene rings is 1. The molecule has 5 rings (SSSR count). The SMILES string of the molecule is C(#Cc1cnc2ccc(-c3cc[c]cc3)cn12)c1ccnc2[nH]ccc12. The Morgan fingerprint density at radius 3 is 2.77 bits per heavy atom. The van der Waals surface area contributed by atoms with Crippen LogP contribution in [0.3, 0.4) is 0 Å². The molecule has 0 aliphatic carbocycles. The maximum absolute atomic E-state index is 4.45. The van der Waals surface area contributed by atoms with Crippen LogP contribution in [0.15, 0.2) is 73.3 Å². The van der Waals surface area contributed by atoms with E-state index < -0.39 is 0 Å². The minimum Gasteiger partial charge on any atom is -0.346 e. The number of hydrogen-bond acceptors (Lipinski definition) is 2. The molecule has 1 radical (unpaired) electrons. The van der Waals surface area contributed by atoms with E-state index in [1.165, 1.54) is 0 Å². The third kappa shape index (κ3) is 2.43. The molecule has 0 spiro atoms. The molecule has 0 saturated heterocycles. The fourth-order valence-electron chi connectivity index (χ4n) is 3.02. The summed E-state index contributed by atoms with van der Waals surface area (Å²) in [6.07, 6.45) is 7.52. The molecule has 4 heteroatoms. The Hall–Kier alpha value is -3.84. The van der Waals surface area contributed by atoms with Crippen molar-refractivity contribution in [1.29, 1.82) is 0 Å². The van der Waals surface area contributed by atoms with Crippen molar-refractivity contribution in [3.05, 3.63) is 90.6 Å². The van der Waals surface area contributed by atoms with Gasteiger partial charge in [-0.3, -0.25) is 4.40 Å². The number of nitrogens with one attached hydrogen (secondary N) is 1. The number of imidazole rings is 1. The molecule has 0 amide bonds. The fourth-order valence-corrected chi connectivity index (χ4v) is 3.02. The lowest BCUT2D eigenvalue weighted by Crippen LogP contribution is -1.90. The van der Waals surface area contributed by atoms with E-state index in [0.29, 0.717) is 0 Å². The molecule has 0 fully saturated rings. The molecule has 26 heavy (non-hydrogen) atoms. The molecule has 1 aromatic carbocycles. The van der Waals surface area contributed by atoms with E-state index in [0.717, 1.165) is 39.1 Å². The predicted molar refractivity (Wildman–Crippen MR) is 102 cm³/mol. The third-order valence-electron chi connectivity index (χ3n) is 4.34. The molecule has 0 bridgehead atoms. The van der Waals surface area contributed by atoms with Gasteiger partial charge in [0, 0.05) is 29.5 Å². The van der Waals surface area contributed by atoms with Crippen LogP contribution in [0.5, 0.6) is 0 Å². The van der Waals surface area contributed by atoms with Gasteiger partial charge in [0.25, 0.3) is 0 Å². The highest BCUT2D eigenvalue weighted by Gasteiger charge is 2.04. The van der Waals surface area contributed by atoms with Crippen molar-refractivity contribution < 1.29 is 0 Å². The molecule has 4 nitrogen and oxygen atoms in total. The highest BCUT2D eigenvalue weighted by Crippen LogP contribution is 2.20. The van der Waals surface area contributed by atoms with Gasteiger partial charge in [-0.15, -0.1) is 0 Å². The Labute approximate surface area is 150 Å². The van der Waals surface area contributed by atoms with E-state index in [2.05, 4.69) is 45.1 Å². The van der Waals surface area contributed by atoms with Gasteiger partial charge < -0.3 is 4.98 Å². The van der Waals surface area contributed by atoms with Crippen LogP contribution >= 0.6 is 0 Å². The monoisotopic (exact) mass is 333 g/mol. The second kappa shape index (κ2) is 5.91. The van der Waals surface area contributed by atoms with Crippen molar-refractivity contribution in [2.75, 3.05) is 0 Å². The van der Waals surface area contributed by atoms with Gasteiger partial charge in [0.15, 0.2) is 0 Å². The molecular formula is C22H13N4. The van der Waals surface area contributed by atoms with Gasteiger partial charge in [-0.1, -0.05) is 30.2 Å². The molecular weight excluding hydrogens is 320 g/mol. The van der Waals surface area contributed by atoms with Crippen LogP contribution in [-0.4, -0.2) is 19.4 Å². The van der Waals surface area contributed by atoms with Gasteiger partial charge in [-0.05, 0) is 47.4 Å². The number of aromatic nitrogens is 4. The van der Waals surface area contributed by atoms with Crippen LogP contribution in [0, 0.1) is 17.9 Å². The Bertz CT molecular complexity index is 1280. The molecule has 0 saturated carbocycles. The fraction of sp³-hybridized carbons (Fsp3) is 0. The number of fused-ring (bicyclic) bond motifs is 2. The van der Waals surface area contributed by atoms with Gasteiger partial charge in [0.2, 0.25) is 0 Å². The average molecular weight is 333 g/mol. The highest BCUT2D eigenvalue weighted by atomic mass is 15.0.